The monoisotopic (exact) mass is 254 g/mol. The van der Waals surface area contributed by atoms with E-state index in [0.717, 1.165) is 19.3 Å². The van der Waals surface area contributed by atoms with Gasteiger partial charge < -0.3 is 0 Å². The molecule has 1 unspecified atom stereocenters. The van der Waals surface area contributed by atoms with Crippen molar-refractivity contribution < 1.29 is 9.59 Å². The standard InChI is InChI=1S/C16H30O2/c1-8-9-10-12(2)14(18)16(6,7)11-15(4,5)13(3)17/h12H,8-11H2,1-7H3. The lowest BCUT2D eigenvalue weighted by Gasteiger charge is -2.34. The van der Waals surface area contributed by atoms with E-state index < -0.39 is 10.8 Å². The average Bonchev–Trinajstić information content (AvgIpc) is 2.23. The summed E-state index contributed by atoms with van der Waals surface area (Å²) in [4.78, 5) is 24.1. The molecule has 0 aromatic rings. The highest BCUT2D eigenvalue weighted by atomic mass is 16.1. The number of hydrogen-bond acceptors (Lipinski definition) is 2. The largest absolute Gasteiger partial charge is 0.299 e. The van der Waals surface area contributed by atoms with E-state index in [0.29, 0.717) is 12.2 Å². The highest BCUT2D eigenvalue weighted by Gasteiger charge is 2.38. The molecule has 1 atom stereocenters. The van der Waals surface area contributed by atoms with E-state index in [1.165, 1.54) is 0 Å². The molecule has 0 bridgehead atoms. The summed E-state index contributed by atoms with van der Waals surface area (Å²) in [5.41, 5.74) is -0.827. The molecule has 0 saturated carbocycles. The van der Waals surface area contributed by atoms with Gasteiger partial charge in [-0.1, -0.05) is 54.4 Å². The fourth-order valence-corrected chi connectivity index (χ4v) is 2.62. The van der Waals surface area contributed by atoms with Gasteiger partial charge in [-0.15, -0.1) is 0 Å². The zero-order valence-corrected chi connectivity index (χ0v) is 13.2. The smallest absolute Gasteiger partial charge is 0.141 e. The van der Waals surface area contributed by atoms with Gasteiger partial charge in [-0.3, -0.25) is 9.59 Å². The van der Waals surface area contributed by atoms with Gasteiger partial charge in [0.15, 0.2) is 0 Å². The molecule has 18 heavy (non-hydrogen) atoms. The van der Waals surface area contributed by atoms with Gasteiger partial charge in [0.25, 0.3) is 0 Å². The van der Waals surface area contributed by atoms with Crippen molar-refractivity contribution in [2.75, 3.05) is 0 Å². The Morgan fingerprint density at radius 2 is 1.56 bits per heavy atom. The van der Waals surface area contributed by atoms with E-state index in [2.05, 4.69) is 6.92 Å². The third-order valence-electron chi connectivity index (χ3n) is 3.94. The molecule has 0 aliphatic heterocycles. The molecule has 0 aromatic heterocycles. The van der Waals surface area contributed by atoms with E-state index >= 15 is 0 Å². The number of Topliss-reactive ketones (excluding diaryl/α,β-unsaturated/α-hetero) is 2. The molecule has 0 saturated heterocycles. The summed E-state index contributed by atoms with van der Waals surface area (Å²) in [5, 5.41) is 0. The van der Waals surface area contributed by atoms with E-state index in [9.17, 15) is 9.59 Å². The lowest BCUT2D eigenvalue weighted by Crippen LogP contribution is -2.36. The number of carbonyl (C=O) groups excluding carboxylic acids is 2. The summed E-state index contributed by atoms with van der Waals surface area (Å²) in [5.74, 6) is 0.553. The van der Waals surface area contributed by atoms with Crippen LogP contribution in [0.1, 0.15) is 74.1 Å². The van der Waals surface area contributed by atoms with Crippen molar-refractivity contribution in [3.05, 3.63) is 0 Å². The molecule has 0 fully saturated rings. The molecule has 0 radical (unpaired) electrons. The minimum atomic E-state index is -0.414. The van der Waals surface area contributed by atoms with E-state index in [4.69, 9.17) is 0 Å². The highest BCUT2D eigenvalue weighted by molar-refractivity contribution is 5.88. The summed E-state index contributed by atoms with van der Waals surface area (Å²) >= 11 is 0. The van der Waals surface area contributed by atoms with Crippen LogP contribution in [0, 0.1) is 16.7 Å². The number of rotatable bonds is 8. The summed E-state index contributed by atoms with van der Waals surface area (Å²) < 4.78 is 0. The highest BCUT2D eigenvalue weighted by Crippen LogP contribution is 2.37. The van der Waals surface area contributed by atoms with Crippen LogP contribution in [0.3, 0.4) is 0 Å². The van der Waals surface area contributed by atoms with Crippen molar-refractivity contribution in [1.29, 1.82) is 0 Å². The van der Waals surface area contributed by atoms with Gasteiger partial charge in [0.05, 0.1) is 0 Å². The first-order valence-electron chi connectivity index (χ1n) is 7.10. The molecule has 0 aromatic carbocycles. The lowest BCUT2D eigenvalue weighted by molar-refractivity contribution is -0.135. The number of hydrogen-bond donors (Lipinski definition) is 0. The third kappa shape index (κ3) is 4.91. The molecular formula is C16H30O2. The zero-order valence-electron chi connectivity index (χ0n) is 13.2. The molecular weight excluding hydrogens is 224 g/mol. The molecule has 0 aliphatic rings. The van der Waals surface area contributed by atoms with Crippen molar-refractivity contribution in [3.63, 3.8) is 0 Å². The first-order valence-corrected chi connectivity index (χ1v) is 7.10. The maximum Gasteiger partial charge on any atom is 0.141 e. The topological polar surface area (TPSA) is 34.1 Å². The van der Waals surface area contributed by atoms with Crippen molar-refractivity contribution in [1.82, 2.24) is 0 Å². The second-order valence-electron chi connectivity index (χ2n) is 6.91. The molecule has 0 N–H and O–H groups in total. The molecule has 0 amide bonds. The van der Waals surface area contributed by atoms with Crippen LogP contribution in [-0.2, 0) is 9.59 Å². The minimum absolute atomic E-state index is 0.0997. The van der Waals surface area contributed by atoms with Gasteiger partial charge in [-0.25, -0.2) is 0 Å². The summed E-state index contributed by atoms with van der Waals surface area (Å²) in [7, 11) is 0. The maximum absolute atomic E-state index is 12.5. The Hall–Kier alpha value is -0.660. The number of unbranched alkanes of at least 4 members (excludes halogenated alkanes) is 1. The van der Waals surface area contributed by atoms with Crippen LogP contribution in [0.4, 0.5) is 0 Å². The number of carbonyl (C=O) groups is 2. The normalized spacial score (nSPS) is 14.4. The Bertz CT molecular complexity index is 300. The molecule has 0 aliphatic carbocycles. The van der Waals surface area contributed by atoms with Crippen LogP contribution < -0.4 is 0 Å². The zero-order chi connectivity index (χ0) is 14.6. The predicted molar refractivity (Wildman–Crippen MR) is 76.6 cm³/mol. The maximum atomic E-state index is 12.5. The average molecular weight is 254 g/mol. The Labute approximate surface area is 113 Å². The van der Waals surface area contributed by atoms with E-state index in [1.54, 1.807) is 6.92 Å². The molecule has 0 spiro atoms. The van der Waals surface area contributed by atoms with Gasteiger partial charge in [0.2, 0.25) is 0 Å². The Morgan fingerprint density at radius 1 is 1.06 bits per heavy atom. The van der Waals surface area contributed by atoms with Gasteiger partial charge >= 0.3 is 0 Å². The van der Waals surface area contributed by atoms with Gasteiger partial charge in [-0.05, 0) is 19.8 Å². The van der Waals surface area contributed by atoms with Crippen LogP contribution in [0.5, 0.6) is 0 Å². The Balaban J connectivity index is 4.72. The van der Waals surface area contributed by atoms with Crippen LogP contribution in [0.2, 0.25) is 0 Å². The van der Waals surface area contributed by atoms with Crippen molar-refractivity contribution in [2.24, 2.45) is 16.7 Å². The molecule has 2 heteroatoms. The lowest BCUT2D eigenvalue weighted by atomic mass is 9.68. The molecule has 0 heterocycles. The Kier molecular flexibility index (Phi) is 6.25. The molecule has 0 rings (SSSR count). The fourth-order valence-electron chi connectivity index (χ4n) is 2.62. The van der Waals surface area contributed by atoms with Gasteiger partial charge in [0, 0.05) is 16.7 Å². The Morgan fingerprint density at radius 3 is 1.94 bits per heavy atom. The minimum Gasteiger partial charge on any atom is -0.299 e. The van der Waals surface area contributed by atoms with Crippen molar-refractivity contribution in [2.45, 2.75) is 74.1 Å². The SMILES string of the molecule is CCCCC(C)C(=O)C(C)(C)CC(C)(C)C(C)=O. The first-order chi connectivity index (χ1) is 8.04. The van der Waals surface area contributed by atoms with Gasteiger partial charge in [-0.2, -0.15) is 0 Å². The van der Waals surface area contributed by atoms with Gasteiger partial charge in [0.1, 0.15) is 11.6 Å². The van der Waals surface area contributed by atoms with Crippen LogP contribution in [0.15, 0.2) is 0 Å². The van der Waals surface area contributed by atoms with Crippen molar-refractivity contribution >= 4 is 11.6 Å². The summed E-state index contributed by atoms with van der Waals surface area (Å²) in [6, 6.07) is 0. The molecule has 106 valence electrons. The molecule has 2 nitrogen and oxygen atoms in total. The second kappa shape index (κ2) is 6.49. The van der Waals surface area contributed by atoms with Crippen molar-refractivity contribution in [3.8, 4) is 0 Å². The first kappa shape index (κ1) is 17.3. The van der Waals surface area contributed by atoms with E-state index in [1.807, 2.05) is 34.6 Å². The van der Waals surface area contributed by atoms with Crippen LogP contribution in [0.25, 0.3) is 0 Å². The summed E-state index contributed by atoms with van der Waals surface area (Å²) in [6.07, 6.45) is 3.81. The quantitative estimate of drug-likeness (QED) is 0.643. The van der Waals surface area contributed by atoms with E-state index in [-0.39, 0.29) is 11.7 Å². The second-order valence-corrected chi connectivity index (χ2v) is 6.91. The van der Waals surface area contributed by atoms with Crippen LogP contribution >= 0.6 is 0 Å². The third-order valence-corrected chi connectivity index (χ3v) is 3.94. The fraction of sp³-hybridized carbons (Fsp3) is 0.875. The summed E-state index contributed by atoms with van der Waals surface area (Å²) in [6.45, 7) is 13.6. The predicted octanol–water partition coefficient (Wildman–Crippen LogP) is 4.41. The van der Waals surface area contributed by atoms with Crippen LogP contribution in [-0.4, -0.2) is 11.6 Å². The number of ketones is 2.